The number of thiazole rings is 1. The van der Waals surface area contributed by atoms with E-state index in [1.54, 1.807) is 23.8 Å². The molecule has 0 radical (unpaired) electrons. The number of carbonyl (C=O) groups is 1. The molecular weight excluding hydrogens is 414 g/mol. The van der Waals surface area contributed by atoms with E-state index in [1.165, 1.54) is 11.3 Å². The molecule has 2 aromatic carbocycles. The van der Waals surface area contributed by atoms with Crippen molar-refractivity contribution in [1.29, 1.82) is 0 Å². The van der Waals surface area contributed by atoms with Gasteiger partial charge in [-0.1, -0.05) is 29.5 Å². The first-order valence-electron chi connectivity index (χ1n) is 8.64. The van der Waals surface area contributed by atoms with E-state index in [0.717, 1.165) is 32.5 Å². The second kappa shape index (κ2) is 10.7. The van der Waals surface area contributed by atoms with E-state index in [-0.39, 0.29) is 18.3 Å². The van der Waals surface area contributed by atoms with Crippen LogP contribution in [-0.2, 0) is 4.79 Å². The number of aromatic nitrogens is 1. The van der Waals surface area contributed by atoms with Crippen LogP contribution in [0.15, 0.2) is 53.4 Å². The number of amides is 1. The monoisotopic (exact) mass is 437 g/mol. The summed E-state index contributed by atoms with van der Waals surface area (Å²) in [5, 5.41) is 0.735. The molecule has 0 spiro atoms. The molecule has 0 bridgehead atoms. The van der Waals surface area contributed by atoms with E-state index >= 15 is 0 Å². The van der Waals surface area contributed by atoms with E-state index in [1.807, 2.05) is 62.6 Å². The van der Waals surface area contributed by atoms with Gasteiger partial charge in [0, 0.05) is 18.0 Å². The average molecular weight is 438 g/mol. The molecule has 0 aliphatic carbocycles. The standard InChI is InChI=1S/C20H23N3O2S2.ClH/c1-22(2)11-12-23(19(24)14-26-16-7-5-4-6-8-16)20-21-17-10-9-15(25-3)13-18(17)27-20;/h4-10,13H,11-12,14H2,1-3H3;1H. The highest BCUT2D eigenvalue weighted by Gasteiger charge is 2.20. The lowest BCUT2D eigenvalue weighted by molar-refractivity contribution is -0.116. The number of hydrogen-bond acceptors (Lipinski definition) is 6. The Labute approximate surface area is 180 Å². The van der Waals surface area contributed by atoms with Gasteiger partial charge >= 0.3 is 0 Å². The SMILES string of the molecule is COc1ccc2nc(N(CCN(C)C)C(=O)CSc3ccccc3)sc2c1.Cl. The summed E-state index contributed by atoms with van der Waals surface area (Å²) in [5.41, 5.74) is 0.883. The molecule has 0 fully saturated rings. The number of anilines is 1. The Morgan fingerprint density at radius 1 is 1.14 bits per heavy atom. The zero-order valence-electron chi connectivity index (χ0n) is 16.1. The number of ether oxygens (including phenoxy) is 1. The third-order valence-electron chi connectivity index (χ3n) is 3.99. The van der Waals surface area contributed by atoms with Crippen LogP contribution in [0.5, 0.6) is 5.75 Å². The summed E-state index contributed by atoms with van der Waals surface area (Å²) >= 11 is 3.07. The summed E-state index contributed by atoms with van der Waals surface area (Å²) < 4.78 is 6.31. The number of rotatable bonds is 8. The molecule has 1 amide bonds. The number of fused-ring (bicyclic) bond motifs is 1. The zero-order valence-corrected chi connectivity index (χ0v) is 18.6. The molecule has 0 atom stereocenters. The average Bonchev–Trinajstić information content (AvgIpc) is 3.09. The van der Waals surface area contributed by atoms with Crippen molar-refractivity contribution < 1.29 is 9.53 Å². The molecule has 150 valence electrons. The van der Waals surface area contributed by atoms with Crippen molar-refractivity contribution in [1.82, 2.24) is 9.88 Å². The largest absolute Gasteiger partial charge is 0.497 e. The van der Waals surface area contributed by atoms with Gasteiger partial charge in [-0.3, -0.25) is 9.69 Å². The Kier molecular flexibility index (Phi) is 8.57. The normalized spacial score (nSPS) is 10.7. The first kappa shape index (κ1) is 22.5. The second-order valence-electron chi connectivity index (χ2n) is 6.28. The molecule has 0 N–H and O–H groups in total. The molecule has 1 heterocycles. The van der Waals surface area contributed by atoms with Gasteiger partial charge in [-0.2, -0.15) is 0 Å². The van der Waals surface area contributed by atoms with Crippen LogP contribution in [0.3, 0.4) is 0 Å². The highest BCUT2D eigenvalue weighted by molar-refractivity contribution is 8.00. The van der Waals surface area contributed by atoms with Crippen LogP contribution in [0.2, 0.25) is 0 Å². The molecular formula is C20H24ClN3O2S2. The second-order valence-corrected chi connectivity index (χ2v) is 8.34. The fourth-order valence-corrected chi connectivity index (χ4v) is 4.33. The van der Waals surface area contributed by atoms with Gasteiger partial charge in [-0.25, -0.2) is 4.98 Å². The van der Waals surface area contributed by atoms with Crippen LogP contribution >= 0.6 is 35.5 Å². The molecule has 5 nitrogen and oxygen atoms in total. The Balaban J connectivity index is 0.00000280. The molecule has 0 saturated carbocycles. The smallest absolute Gasteiger partial charge is 0.239 e. The summed E-state index contributed by atoms with van der Waals surface area (Å²) in [6, 6.07) is 15.8. The fourth-order valence-electron chi connectivity index (χ4n) is 2.50. The van der Waals surface area contributed by atoms with Gasteiger partial charge in [0.05, 0.1) is 23.1 Å². The van der Waals surface area contributed by atoms with E-state index in [2.05, 4.69) is 9.88 Å². The van der Waals surface area contributed by atoms with Crippen molar-refractivity contribution in [2.75, 3.05) is 44.9 Å². The van der Waals surface area contributed by atoms with Crippen molar-refractivity contribution in [3.05, 3.63) is 48.5 Å². The van der Waals surface area contributed by atoms with Gasteiger partial charge in [-0.15, -0.1) is 24.2 Å². The van der Waals surface area contributed by atoms with Gasteiger partial charge in [0.15, 0.2) is 5.13 Å². The minimum atomic E-state index is 0. The molecule has 0 aliphatic rings. The molecule has 8 heteroatoms. The minimum Gasteiger partial charge on any atom is -0.497 e. The lowest BCUT2D eigenvalue weighted by atomic mass is 10.3. The Morgan fingerprint density at radius 3 is 2.57 bits per heavy atom. The van der Waals surface area contributed by atoms with E-state index in [4.69, 9.17) is 4.74 Å². The summed E-state index contributed by atoms with van der Waals surface area (Å²) in [7, 11) is 5.66. The Bertz CT molecular complexity index is 903. The van der Waals surface area contributed by atoms with Crippen molar-refractivity contribution in [2.24, 2.45) is 0 Å². The van der Waals surface area contributed by atoms with Crippen molar-refractivity contribution in [3.63, 3.8) is 0 Å². The number of carbonyl (C=O) groups excluding carboxylic acids is 1. The van der Waals surface area contributed by atoms with Crippen molar-refractivity contribution in [2.45, 2.75) is 4.90 Å². The predicted molar refractivity (Wildman–Crippen MR) is 121 cm³/mol. The van der Waals surface area contributed by atoms with Crippen LogP contribution in [0.4, 0.5) is 5.13 Å². The summed E-state index contributed by atoms with van der Waals surface area (Å²) in [6.07, 6.45) is 0. The molecule has 0 aliphatic heterocycles. The first-order chi connectivity index (χ1) is 13.1. The molecule has 3 rings (SSSR count). The van der Waals surface area contributed by atoms with Crippen molar-refractivity contribution in [3.8, 4) is 5.75 Å². The van der Waals surface area contributed by atoms with E-state index < -0.39 is 0 Å². The molecule has 3 aromatic rings. The summed E-state index contributed by atoms with van der Waals surface area (Å²) in [5.74, 6) is 1.25. The number of halogens is 1. The maximum Gasteiger partial charge on any atom is 0.239 e. The van der Waals surface area contributed by atoms with Gasteiger partial charge in [0.1, 0.15) is 5.75 Å². The minimum absolute atomic E-state index is 0. The number of methoxy groups -OCH3 is 1. The van der Waals surface area contributed by atoms with E-state index in [9.17, 15) is 4.79 Å². The van der Waals surface area contributed by atoms with Crippen LogP contribution < -0.4 is 9.64 Å². The first-order valence-corrected chi connectivity index (χ1v) is 10.4. The van der Waals surface area contributed by atoms with Crippen LogP contribution in [0, 0.1) is 0 Å². The topological polar surface area (TPSA) is 45.7 Å². The number of benzene rings is 2. The van der Waals surface area contributed by atoms with Crippen LogP contribution in [0.1, 0.15) is 0 Å². The van der Waals surface area contributed by atoms with Crippen LogP contribution in [0.25, 0.3) is 10.2 Å². The van der Waals surface area contributed by atoms with Gasteiger partial charge in [-0.05, 0) is 44.4 Å². The zero-order chi connectivity index (χ0) is 19.2. The lowest BCUT2D eigenvalue weighted by Crippen LogP contribution is -2.37. The maximum absolute atomic E-state index is 13.0. The predicted octanol–water partition coefficient (Wildman–Crippen LogP) is 4.41. The number of likely N-dealkylation sites (N-methyl/N-ethyl adjacent to an activating group) is 1. The van der Waals surface area contributed by atoms with Gasteiger partial charge in [0.2, 0.25) is 5.91 Å². The highest BCUT2D eigenvalue weighted by atomic mass is 35.5. The molecule has 0 unspecified atom stereocenters. The summed E-state index contributed by atoms with van der Waals surface area (Å²) in [6.45, 7) is 1.39. The summed E-state index contributed by atoms with van der Waals surface area (Å²) in [4.78, 5) is 22.6. The third-order valence-corrected chi connectivity index (χ3v) is 6.03. The van der Waals surface area contributed by atoms with Gasteiger partial charge < -0.3 is 9.64 Å². The van der Waals surface area contributed by atoms with E-state index in [0.29, 0.717) is 12.3 Å². The third kappa shape index (κ3) is 5.85. The molecule has 0 saturated heterocycles. The Hall–Kier alpha value is -1.80. The lowest BCUT2D eigenvalue weighted by Gasteiger charge is -2.21. The van der Waals surface area contributed by atoms with Crippen LogP contribution in [-0.4, -0.2) is 55.8 Å². The maximum atomic E-state index is 13.0. The number of thioether (sulfide) groups is 1. The molecule has 28 heavy (non-hydrogen) atoms. The Morgan fingerprint density at radius 2 is 1.89 bits per heavy atom. The van der Waals surface area contributed by atoms with Crippen molar-refractivity contribution >= 4 is 56.8 Å². The van der Waals surface area contributed by atoms with Gasteiger partial charge in [0.25, 0.3) is 0 Å². The number of nitrogens with zero attached hydrogens (tertiary/aromatic N) is 3. The fraction of sp³-hybridized carbons (Fsp3) is 0.300. The number of hydrogen-bond donors (Lipinski definition) is 0. The highest BCUT2D eigenvalue weighted by Crippen LogP contribution is 2.32. The quantitative estimate of drug-likeness (QED) is 0.488. The molecule has 1 aromatic heterocycles.